The minimum absolute atomic E-state index is 0.00772. The molecule has 2 nitrogen and oxygen atoms in total. The van der Waals surface area contributed by atoms with E-state index in [1.807, 2.05) is 0 Å². The molecule has 0 spiro atoms. The summed E-state index contributed by atoms with van der Waals surface area (Å²) in [4.78, 5) is 12.1. The quantitative estimate of drug-likeness (QED) is 0.269. The first kappa shape index (κ1) is 25.3. The smallest absolute Gasteiger partial charge is 0.306 e. The van der Waals surface area contributed by atoms with Gasteiger partial charge in [-0.15, -0.1) is 0 Å². The van der Waals surface area contributed by atoms with Gasteiger partial charge in [-0.05, 0) is 97.7 Å². The number of hydrogen-bond acceptors (Lipinski definition) is 2. The molecular weight excluding hydrogens is 404 g/mol. The molecule has 33 heavy (non-hydrogen) atoms. The number of carbonyl (C=O) groups is 1. The maximum absolute atomic E-state index is 12.1. The topological polar surface area (TPSA) is 26.3 Å². The first-order chi connectivity index (χ1) is 15.7. The van der Waals surface area contributed by atoms with Gasteiger partial charge in [0, 0.05) is 12.8 Å². The molecule has 0 aromatic heterocycles. The molecule has 8 atom stereocenters. The Morgan fingerprint density at radius 3 is 2.58 bits per heavy atom. The highest BCUT2D eigenvalue weighted by atomic mass is 16.5. The van der Waals surface area contributed by atoms with E-state index in [1.54, 1.807) is 5.57 Å². The van der Waals surface area contributed by atoms with Crippen molar-refractivity contribution in [2.45, 2.75) is 131 Å². The van der Waals surface area contributed by atoms with Gasteiger partial charge in [0.2, 0.25) is 0 Å². The Bertz CT molecular complexity index is 722. The summed E-state index contributed by atoms with van der Waals surface area (Å²) in [6.45, 7) is 14.6. The van der Waals surface area contributed by atoms with Crippen molar-refractivity contribution >= 4 is 5.97 Å². The average molecular weight is 457 g/mol. The second-order valence-corrected chi connectivity index (χ2v) is 13.4. The fraction of sp³-hybridized carbons (Fsp3) is 0.903. The zero-order chi connectivity index (χ0) is 23.8. The monoisotopic (exact) mass is 456 g/mol. The van der Waals surface area contributed by atoms with Crippen LogP contribution >= 0.6 is 0 Å². The molecule has 0 aromatic rings. The van der Waals surface area contributed by atoms with Crippen LogP contribution in [0.4, 0.5) is 0 Å². The predicted molar refractivity (Wildman–Crippen MR) is 138 cm³/mol. The lowest BCUT2D eigenvalue weighted by atomic mass is 9.47. The number of rotatable bonds is 8. The molecule has 5 unspecified atom stereocenters. The third-order valence-corrected chi connectivity index (χ3v) is 11.0. The molecule has 2 heteroatoms. The van der Waals surface area contributed by atoms with Crippen LogP contribution in [0.3, 0.4) is 0 Å². The zero-order valence-electron chi connectivity index (χ0n) is 22.6. The van der Waals surface area contributed by atoms with Crippen molar-refractivity contribution in [3.63, 3.8) is 0 Å². The molecule has 3 saturated carbocycles. The van der Waals surface area contributed by atoms with Crippen molar-refractivity contribution in [3.05, 3.63) is 11.6 Å². The number of ether oxygens (including phenoxy) is 1. The Kier molecular flexibility index (Phi) is 7.72. The number of allylic oxidation sites excluding steroid dienone is 1. The normalized spacial score (nSPS) is 41.1. The zero-order valence-corrected chi connectivity index (χ0v) is 22.6. The van der Waals surface area contributed by atoms with E-state index in [2.05, 4.69) is 47.6 Å². The second-order valence-electron chi connectivity index (χ2n) is 13.4. The molecule has 4 rings (SSSR count). The van der Waals surface area contributed by atoms with Crippen molar-refractivity contribution < 1.29 is 9.53 Å². The van der Waals surface area contributed by atoms with Crippen molar-refractivity contribution in [1.82, 2.24) is 0 Å². The van der Waals surface area contributed by atoms with Crippen LogP contribution in [-0.2, 0) is 9.53 Å². The highest BCUT2D eigenvalue weighted by molar-refractivity contribution is 5.69. The van der Waals surface area contributed by atoms with Gasteiger partial charge in [-0.2, -0.15) is 0 Å². The van der Waals surface area contributed by atoms with E-state index in [-0.39, 0.29) is 12.1 Å². The summed E-state index contributed by atoms with van der Waals surface area (Å²) in [6.07, 6.45) is 18.8. The molecule has 0 aromatic carbocycles. The van der Waals surface area contributed by atoms with E-state index in [9.17, 15) is 4.79 Å². The summed E-state index contributed by atoms with van der Waals surface area (Å²) in [5.74, 6) is 5.31. The van der Waals surface area contributed by atoms with E-state index < -0.39 is 0 Å². The van der Waals surface area contributed by atoms with E-state index in [1.165, 1.54) is 57.8 Å². The van der Waals surface area contributed by atoms with Crippen molar-refractivity contribution in [3.8, 4) is 0 Å². The fourth-order valence-corrected chi connectivity index (χ4v) is 9.20. The first-order valence-electron chi connectivity index (χ1n) is 14.6. The maximum atomic E-state index is 12.1. The molecule has 0 radical (unpaired) electrons. The Morgan fingerprint density at radius 2 is 1.85 bits per heavy atom. The molecule has 4 aliphatic carbocycles. The van der Waals surface area contributed by atoms with Crippen LogP contribution in [0.15, 0.2) is 11.6 Å². The Labute approximate surface area is 204 Å². The summed E-state index contributed by atoms with van der Waals surface area (Å²) in [7, 11) is 0. The third kappa shape index (κ3) is 4.84. The van der Waals surface area contributed by atoms with Gasteiger partial charge in [0.25, 0.3) is 0 Å². The second kappa shape index (κ2) is 10.1. The summed E-state index contributed by atoms with van der Waals surface area (Å²) in [6, 6.07) is 0. The van der Waals surface area contributed by atoms with Crippen molar-refractivity contribution in [2.24, 2.45) is 46.3 Å². The number of hydrogen-bond donors (Lipinski definition) is 0. The van der Waals surface area contributed by atoms with Gasteiger partial charge < -0.3 is 4.74 Å². The third-order valence-electron chi connectivity index (χ3n) is 11.0. The van der Waals surface area contributed by atoms with Gasteiger partial charge in [-0.3, -0.25) is 4.79 Å². The molecule has 3 fully saturated rings. The van der Waals surface area contributed by atoms with Crippen LogP contribution in [0, 0.1) is 46.3 Å². The SMILES string of the molecule is CCCC(=O)O[C@H]1CC[C@@]2(C)C(=CCC3C4CCC(C(C)CCCC(C)C)[C@@]4(C)CCC32)C1. The van der Waals surface area contributed by atoms with Crippen molar-refractivity contribution in [2.75, 3.05) is 0 Å². The number of fused-ring (bicyclic) bond motifs is 5. The van der Waals surface area contributed by atoms with Gasteiger partial charge in [0.05, 0.1) is 0 Å². The van der Waals surface area contributed by atoms with E-state index >= 15 is 0 Å². The lowest BCUT2D eigenvalue weighted by Crippen LogP contribution is -2.51. The van der Waals surface area contributed by atoms with E-state index in [0.29, 0.717) is 17.3 Å². The molecule has 0 saturated heterocycles. The standard InChI is InChI=1S/C31H52O2/c1-7-9-29(32)33-24-16-18-30(5)23(20-24)12-13-25-27-15-14-26(22(4)11-8-10-21(2)3)31(27,6)19-17-28(25)30/h12,21-22,24-28H,7-11,13-20H2,1-6H3/t22?,24-,25?,26?,27?,28?,30-,31+/m0/s1. The molecule has 0 bridgehead atoms. The minimum Gasteiger partial charge on any atom is -0.462 e. The average Bonchev–Trinajstić information content (AvgIpc) is 3.11. The highest BCUT2D eigenvalue weighted by Crippen LogP contribution is 2.67. The summed E-state index contributed by atoms with van der Waals surface area (Å²) in [5, 5.41) is 0. The molecule has 0 aliphatic heterocycles. The number of esters is 1. The highest BCUT2D eigenvalue weighted by Gasteiger charge is 2.59. The summed E-state index contributed by atoms with van der Waals surface area (Å²) < 4.78 is 5.85. The van der Waals surface area contributed by atoms with Crippen LogP contribution in [0.1, 0.15) is 125 Å². The molecule has 0 N–H and O–H groups in total. The van der Waals surface area contributed by atoms with Gasteiger partial charge in [-0.1, -0.05) is 72.5 Å². The molecule has 0 heterocycles. The van der Waals surface area contributed by atoms with E-state index in [4.69, 9.17) is 4.74 Å². The fourth-order valence-electron chi connectivity index (χ4n) is 9.20. The largest absolute Gasteiger partial charge is 0.462 e. The van der Waals surface area contributed by atoms with Gasteiger partial charge in [0.1, 0.15) is 6.10 Å². The van der Waals surface area contributed by atoms with Crippen LogP contribution in [0.2, 0.25) is 0 Å². The minimum atomic E-state index is 0.00772. The molecule has 188 valence electrons. The van der Waals surface area contributed by atoms with Crippen LogP contribution in [0.25, 0.3) is 0 Å². The number of carbonyl (C=O) groups excluding carboxylic acids is 1. The van der Waals surface area contributed by atoms with Crippen LogP contribution in [-0.4, -0.2) is 12.1 Å². The summed E-state index contributed by atoms with van der Waals surface area (Å²) >= 11 is 0. The lowest BCUT2D eigenvalue weighted by Gasteiger charge is -2.58. The predicted octanol–water partition coefficient (Wildman–Crippen LogP) is 8.74. The van der Waals surface area contributed by atoms with Crippen molar-refractivity contribution in [1.29, 1.82) is 0 Å². The molecule has 4 aliphatic rings. The Hall–Kier alpha value is -0.790. The Balaban J connectivity index is 1.43. The van der Waals surface area contributed by atoms with Crippen LogP contribution < -0.4 is 0 Å². The first-order valence-corrected chi connectivity index (χ1v) is 14.6. The van der Waals surface area contributed by atoms with Crippen LogP contribution in [0.5, 0.6) is 0 Å². The van der Waals surface area contributed by atoms with Gasteiger partial charge >= 0.3 is 5.97 Å². The molecule has 0 amide bonds. The van der Waals surface area contributed by atoms with Gasteiger partial charge in [0.15, 0.2) is 0 Å². The maximum Gasteiger partial charge on any atom is 0.306 e. The summed E-state index contributed by atoms with van der Waals surface area (Å²) in [5.41, 5.74) is 2.54. The van der Waals surface area contributed by atoms with E-state index in [0.717, 1.165) is 54.8 Å². The lowest BCUT2D eigenvalue weighted by molar-refractivity contribution is -0.151. The van der Waals surface area contributed by atoms with Gasteiger partial charge in [-0.25, -0.2) is 0 Å². The Morgan fingerprint density at radius 1 is 1.06 bits per heavy atom. The molecular formula is C31H52O2.